The molecule has 0 saturated carbocycles. The highest BCUT2D eigenvalue weighted by Crippen LogP contribution is 2.40. The van der Waals surface area contributed by atoms with Crippen molar-refractivity contribution in [3.05, 3.63) is 52.8 Å². The number of carbonyl (C=O) groups is 2. The van der Waals surface area contributed by atoms with Gasteiger partial charge in [0.15, 0.2) is 0 Å². The highest BCUT2D eigenvalue weighted by atomic mass is 16.6. The first kappa shape index (κ1) is 22.4. The molecule has 7 heteroatoms. The fourth-order valence-electron chi connectivity index (χ4n) is 5.23. The summed E-state index contributed by atoms with van der Waals surface area (Å²) in [6, 6.07) is 6.55. The molecule has 2 aliphatic rings. The van der Waals surface area contributed by atoms with E-state index in [0.29, 0.717) is 19.6 Å². The Morgan fingerprint density at radius 1 is 1.21 bits per heavy atom. The number of hydrogen-bond donors (Lipinski definition) is 1. The van der Waals surface area contributed by atoms with Crippen LogP contribution in [-0.2, 0) is 22.5 Å². The largest absolute Gasteiger partial charge is 0.444 e. The molecular weight excluding hydrogens is 428 g/mol. The second-order valence-corrected chi connectivity index (χ2v) is 10.5. The van der Waals surface area contributed by atoms with E-state index in [1.807, 2.05) is 43.0 Å². The van der Waals surface area contributed by atoms with Crippen LogP contribution in [0.25, 0.3) is 22.2 Å². The summed E-state index contributed by atoms with van der Waals surface area (Å²) in [7, 11) is 0. The second kappa shape index (κ2) is 8.46. The van der Waals surface area contributed by atoms with Crippen molar-refractivity contribution in [1.82, 2.24) is 19.8 Å². The van der Waals surface area contributed by atoms with Gasteiger partial charge in [-0.2, -0.15) is 0 Å². The number of aromatic nitrogens is 2. The maximum absolute atomic E-state index is 13.1. The van der Waals surface area contributed by atoms with Crippen LogP contribution >= 0.6 is 0 Å². The van der Waals surface area contributed by atoms with Gasteiger partial charge in [0, 0.05) is 43.0 Å². The molecule has 5 rings (SSSR count). The topological polar surface area (TPSA) is 78.5 Å². The minimum atomic E-state index is -0.536. The summed E-state index contributed by atoms with van der Waals surface area (Å²) >= 11 is 0. The number of carbonyl (C=O) groups excluding carboxylic acids is 2. The molecular formula is C27H32N4O3. The number of H-pyrrole nitrogens is 1. The molecule has 2 amide bonds. The van der Waals surface area contributed by atoms with Gasteiger partial charge in [-0.15, -0.1) is 0 Å². The smallest absolute Gasteiger partial charge is 0.410 e. The maximum atomic E-state index is 13.1. The van der Waals surface area contributed by atoms with Crippen molar-refractivity contribution in [3.63, 3.8) is 0 Å². The average Bonchev–Trinajstić information content (AvgIpc) is 3.44. The third-order valence-corrected chi connectivity index (χ3v) is 6.86. The first-order valence-corrected chi connectivity index (χ1v) is 12.0. The predicted molar refractivity (Wildman–Crippen MR) is 131 cm³/mol. The Labute approximate surface area is 200 Å². The number of nitrogens with zero attached hydrogens (tertiary/aromatic N) is 3. The average molecular weight is 461 g/mol. The normalized spacial score (nSPS) is 18.3. The molecule has 2 aliphatic heterocycles. The molecule has 0 unspecified atom stereocenters. The van der Waals surface area contributed by atoms with Crippen LogP contribution in [-0.4, -0.2) is 51.0 Å². The molecule has 1 saturated heterocycles. The quantitative estimate of drug-likeness (QED) is 0.550. The van der Waals surface area contributed by atoms with Crippen molar-refractivity contribution in [2.24, 2.45) is 0 Å². The highest BCUT2D eigenvalue weighted by Gasteiger charge is 2.35. The first-order valence-electron chi connectivity index (χ1n) is 12.0. The molecule has 178 valence electrons. The van der Waals surface area contributed by atoms with E-state index < -0.39 is 5.60 Å². The van der Waals surface area contributed by atoms with Crippen molar-refractivity contribution in [3.8, 4) is 11.1 Å². The number of aromatic amines is 1. The summed E-state index contributed by atoms with van der Waals surface area (Å²) in [6.45, 7) is 9.74. The van der Waals surface area contributed by atoms with Gasteiger partial charge in [0.05, 0.1) is 6.04 Å². The van der Waals surface area contributed by atoms with Crippen LogP contribution in [0.3, 0.4) is 0 Å². The summed E-state index contributed by atoms with van der Waals surface area (Å²) < 4.78 is 5.74. The van der Waals surface area contributed by atoms with Crippen LogP contribution in [0.2, 0.25) is 0 Å². The van der Waals surface area contributed by atoms with E-state index in [1.165, 1.54) is 11.1 Å². The van der Waals surface area contributed by atoms with Crippen molar-refractivity contribution in [2.75, 3.05) is 13.1 Å². The Hall–Kier alpha value is -3.35. The van der Waals surface area contributed by atoms with E-state index in [1.54, 1.807) is 0 Å². The van der Waals surface area contributed by atoms with Gasteiger partial charge in [-0.05, 0) is 93.0 Å². The fourth-order valence-corrected chi connectivity index (χ4v) is 5.23. The lowest BCUT2D eigenvalue weighted by molar-refractivity contribution is -0.118. The monoisotopic (exact) mass is 460 g/mol. The number of ether oxygens (including phenoxy) is 1. The number of rotatable bonds is 3. The third-order valence-electron chi connectivity index (χ3n) is 6.86. The fraction of sp³-hybridized carbons (Fsp3) is 0.444. The van der Waals surface area contributed by atoms with Crippen LogP contribution in [0.5, 0.6) is 0 Å². The minimum absolute atomic E-state index is 0.0305. The van der Waals surface area contributed by atoms with E-state index in [2.05, 4.69) is 35.1 Å². The molecule has 1 fully saturated rings. The lowest BCUT2D eigenvalue weighted by Gasteiger charge is -2.33. The summed E-state index contributed by atoms with van der Waals surface area (Å²) in [5.74, 6) is 0. The van der Waals surface area contributed by atoms with Gasteiger partial charge in [0.2, 0.25) is 6.41 Å². The molecule has 0 radical (unpaired) electrons. The lowest BCUT2D eigenvalue weighted by atomic mass is 9.86. The van der Waals surface area contributed by atoms with Gasteiger partial charge in [-0.1, -0.05) is 0 Å². The van der Waals surface area contributed by atoms with Crippen LogP contribution in [0.4, 0.5) is 4.79 Å². The van der Waals surface area contributed by atoms with Gasteiger partial charge in [-0.3, -0.25) is 4.79 Å². The van der Waals surface area contributed by atoms with E-state index in [-0.39, 0.29) is 12.1 Å². The van der Waals surface area contributed by atoms with Crippen LogP contribution in [0, 0.1) is 6.92 Å². The Kier molecular flexibility index (Phi) is 5.58. The summed E-state index contributed by atoms with van der Waals surface area (Å²) in [6.07, 6.45) is 7.17. The number of hydrogen-bond acceptors (Lipinski definition) is 4. The number of nitrogens with one attached hydrogen (secondary N) is 1. The Morgan fingerprint density at radius 2 is 2.03 bits per heavy atom. The van der Waals surface area contributed by atoms with Gasteiger partial charge >= 0.3 is 6.09 Å². The maximum Gasteiger partial charge on any atom is 0.410 e. The molecule has 2 aromatic heterocycles. The zero-order valence-corrected chi connectivity index (χ0v) is 20.4. The standard InChI is InChI=1S/C27H32N4O3/c1-17-13-28-25-22(17)12-19(14-29-25)18-10-20-15-30(16-32)9-7-21(20)23(11-18)24-6-5-8-31(24)26(33)34-27(2,3)4/h10-14,16,24H,5-9,15H2,1-4H3,(H,28,29)/t24-/m0/s1. The Morgan fingerprint density at radius 3 is 2.79 bits per heavy atom. The Bertz CT molecular complexity index is 1260. The third kappa shape index (κ3) is 4.15. The van der Waals surface area contributed by atoms with Crippen LogP contribution in [0.1, 0.15) is 61.9 Å². The molecule has 1 N–H and O–H groups in total. The summed E-state index contributed by atoms with van der Waals surface area (Å²) in [5.41, 5.74) is 7.16. The van der Waals surface area contributed by atoms with Gasteiger partial charge in [-0.25, -0.2) is 9.78 Å². The zero-order valence-electron chi connectivity index (χ0n) is 20.4. The number of amides is 2. The molecule has 3 aromatic rings. The van der Waals surface area contributed by atoms with E-state index >= 15 is 0 Å². The van der Waals surface area contributed by atoms with Gasteiger partial charge < -0.3 is 19.5 Å². The molecule has 1 aromatic carbocycles. The minimum Gasteiger partial charge on any atom is -0.444 e. The lowest BCUT2D eigenvalue weighted by Crippen LogP contribution is -2.37. The number of aryl methyl sites for hydroxylation is 1. The highest BCUT2D eigenvalue weighted by molar-refractivity contribution is 5.84. The van der Waals surface area contributed by atoms with Gasteiger partial charge in [0.25, 0.3) is 0 Å². The number of fused-ring (bicyclic) bond motifs is 2. The molecule has 0 spiro atoms. The summed E-state index contributed by atoms with van der Waals surface area (Å²) in [4.78, 5) is 36.1. The Balaban J connectivity index is 1.60. The SMILES string of the molecule is Cc1c[nH]c2ncc(-c3cc4c(c([C@@H]5CCCN5C(=O)OC(C)(C)C)c3)CCN(C=O)C4)cc12. The first-order chi connectivity index (χ1) is 16.2. The zero-order chi connectivity index (χ0) is 24.0. The number of benzene rings is 1. The predicted octanol–water partition coefficient (Wildman–Crippen LogP) is 5.12. The van der Waals surface area contributed by atoms with Crippen LogP contribution < -0.4 is 0 Å². The number of pyridine rings is 1. The number of likely N-dealkylation sites (tertiary alicyclic amines) is 1. The molecule has 7 nitrogen and oxygen atoms in total. The molecule has 1 atom stereocenters. The van der Waals surface area contributed by atoms with E-state index in [4.69, 9.17) is 4.74 Å². The summed E-state index contributed by atoms with van der Waals surface area (Å²) in [5, 5.41) is 1.10. The van der Waals surface area contributed by atoms with Crippen molar-refractivity contribution < 1.29 is 14.3 Å². The van der Waals surface area contributed by atoms with Crippen molar-refractivity contribution in [2.45, 2.75) is 65.1 Å². The second-order valence-electron chi connectivity index (χ2n) is 10.5. The van der Waals surface area contributed by atoms with Crippen molar-refractivity contribution in [1.29, 1.82) is 0 Å². The van der Waals surface area contributed by atoms with Crippen molar-refractivity contribution >= 4 is 23.5 Å². The molecule has 4 heterocycles. The van der Waals surface area contributed by atoms with Gasteiger partial charge in [0.1, 0.15) is 11.2 Å². The molecule has 0 bridgehead atoms. The molecule has 0 aliphatic carbocycles. The van der Waals surface area contributed by atoms with Crippen LogP contribution in [0.15, 0.2) is 30.6 Å². The molecule has 34 heavy (non-hydrogen) atoms. The van der Waals surface area contributed by atoms with E-state index in [0.717, 1.165) is 59.0 Å². The van der Waals surface area contributed by atoms with E-state index in [9.17, 15) is 9.59 Å².